The molecule has 3 aromatic rings. The van der Waals surface area contributed by atoms with Crippen molar-refractivity contribution >= 4 is 16.8 Å². The lowest BCUT2D eigenvalue weighted by molar-refractivity contribution is 0.0503. The van der Waals surface area contributed by atoms with Crippen molar-refractivity contribution in [1.29, 1.82) is 0 Å². The van der Waals surface area contributed by atoms with E-state index in [1.54, 1.807) is 18.2 Å². The number of rotatable bonds is 5. The monoisotopic (exact) mass is 394 g/mol. The highest BCUT2D eigenvalue weighted by Crippen LogP contribution is 2.20. The number of hydrogen-bond donors (Lipinski definition) is 1. The van der Waals surface area contributed by atoms with Gasteiger partial charge < -0.3 is 14.6 Å². The van der Waals surface area contributed by atoms with E-state index in [1.165, 1.54) is 17.0 Å². The van der Waals surface area contributed by atoms with Crippen molar-refractivity contribution in [3.8, 4) is 0 Å². The van der Waals surface area contributed by atoms with Crippen molar-refractivity contribution in [2.45, 2.75) is 32.4 Å². The van der Waals surface area contributed by atoms with E-state index in [0.717, 1.165) is 29.3 Å². The highest BCUT2D eigenvalue weighted by Gasteiger charge is 2.26. The smallest absolute Gasteiger partial charge is 0.257 e. The Labute approximate surface area is 168 Å². The van der Waals surface area contributed by atoms with Crippen molar-refractivity contribution in [2.75, 3.05) is 13.2 Å². The van der Waals surface area contributed by atoms with Crippen LogP contribution >= 0.6 is 0 Å². The number of halogens is 1. The van der Waals surface area contributed by atoms with Gasteiger partial charge in [-0.3, -0.25) is 9.59 Å². The lowest BCUT2D eigenvalue weighted by Crippen LogP contribution is -2.38. The molecule has 0 saturated carbocycles. The SMILES string of the molecule is Cc1cccc2cc(CN(CC3CCCO3)C(=O)c3ccccc3F)c(=O)[nH]c12. The number of hydrogen-bond acceptors (Lipinski definition) is 3. The largest absolute Gasteiger partial charge is 0.376 e. The zero-order valence-corrected chi connectivity index (χ0v) is 16.3. The summed E-state index contributed by atoms with van der Waals surface area (Å²) in [7, 11) is 0. The van der Waals surface area contributed by atoms with Crippen molar-refractivity contribution in [2.24, 2.45) is 0 Å². The molecule has 1 aliphatic heterocycles. The van der Waals surface area contributed by atoms with Crippen LogP contribution in [0.5, 0.6) is 0 Å². The fourth-order valence-electron chi connectivity index (χ4n) is 3.81. The van der Waals surface area contributed by atoms with Crippen LogP contribution in [0.3, 0.4) is 0 Å². The zero-order valence-electron chi connectivity index (χ0n) is 16.3. The number of amides is 1. The first-order chi connectivity index (χ1) is 14.0. The van der Waals surface area contributed by atoms with Crippen LogP contribution in [-0.4, -0.2) is 35.0 Å². The summed E-state index contributed by atoms with van der Waals surface area (Å²) >= 11 is 0. The number of carbonyl (C=O) groups is 1. The summed E-state index contributed by atoms with van der Waals surface area (Å²) in [6, 6.07) is 13.5. The maximum atomic E-state index is 14.2. The third-order valence-corrected chi connectivity index (χ3v) is 5.37. The van der Waals surface area contributed by atoms with Crippen LogP contribution in [0.4, 0.5) is 4.39 Å². The average molecular weight is 394 g/mol. The third kappa shape index (κ3) is 4.07. The van der Waals surface area contributed by atoms with E-state index >= 15 is 0 Å². The van der Waals surface area contributed by atoms with Crippen molar-refractivity contribution < 1.29 is 13.9 Å². The first-order valence-corrected chi connectivity index (χ1v) is 9.80. The van der Waals surface area contributed by atoms with Gasteiger partial charge in [-0.2, -0.15) is 0 Å². The molecule has 1 unspecified atom stereocenters. The van der Waals surface area contributed by atoms with Gasteiger partial charge in [0, 0.05) is 18.7 Å². The molecule has 5 nitrogen and oxygen atoms in total. The number of pyridine rings is 1. The van der Waals surface area contributed by atoms with E-state index in [9.17, 15) is 14.0 Å². The molecule has 0 spiro atoms. The summed E-state index contributed by atoms with van der Waals surface area (Å²) < 4.78 is 19.9. The number of benzene rings is 2. The fourth-order valence-corrected chi connectivity index (χ4v) is 3.81. The fraction of sp³-hybridized carbons (Fsp3) is 0.304. The number of fused-ring (bicyclic) bond motifs is 1. The van der Waals surface area contributed by atoms with E-state index in [-0.39, 0.29) is 23.8 Å². The quantitative estimate of drug-likeness (QED) is 0.716. The predicted octanol–water partition coefficient (Wildman–Crippen LogP) is 3.80. The first kappa shape index (κ1) is 19.3. The maximum Gasteiger partial charge on any atom is 0.257 e. The van der Waals surface area contributed by atoms with E-state index in [0.29, 0.717) is 18.7 Å². The summed E-state index contributed by atoms with van der Waals surface area (Å²) in [5.41, 5.74) is 1.98. The molecular formula is C23H23FN2O3. The van der Waals surface area contributed by atoms with Gasteiger partial charge in [0.25, 0.3) is 11.5 Å². The number of aromatic amines is 1. The van der Waals surface area contributed by atoms with Gasteiger partial charge in [0.15, 0.2) is 0 Å². The van der Waals surface area contributed by atoms with E-state index in [2.05, 4.69) is 4.98 Å². The molecule has 2 aromatic carbocycles. The van der Waals surface area contributed by atoms with Gasteiger partial charge in [-0.05, 0) is 48.9 Å². The molecule has 1 aliphatic rings. The normalized spacial score (nSPS) is 16.3. The van der Waals surface area contributed by atoms with Crippen LogP contribution in [0, 0.1) is 12.7 Å². The molecule has 1 N–H and O–H groups in total. The average Bonchev–Trinajstić information content (AvgIpc) is 3.22. The summed E-state index contributed by atoms with van der Waals surface area (Å²) in [4.78, 5) is 30.2. The minimum absolute atomic E-state index is 0.00133. The highest BCUT2D eigenvalue weighted by molar-refractivity contribution is 5.94. The lowest BCUT2D eigenvalue weighted by Gasteiger charge is -2.25. The van der Waals surface area contributed by atoms with Gasteiger partial charge in [0.1, 0.15) is 5.82 Å². The Morgan fingerprint density at radius 1 is 1.24 bits per heavy atom. The third-order valence-electron chi connectivity index (χ3n) is 5.37. The van der Waals surface area contributed by atoms with Crippen LogP contribution in [0.25, 0.3) is 10.9 Å². The van der Waals surface area contributed by atoms with Gasteiger partial charge in [-0.25, -0.2) is 4.39 Å². The molecule has 1 aromatic heterocycles. The second-order valence-electron chi connectivity index (χ2n) is 7.46. The number of aromatic nitrogens is 1. The summed E-state index contributed by atoms with van der Waals surface area (Å²) in [6.45, 7) is 3.00. The van der Waals surface area contributed by atoms with E-state index in [1.807, 2.05) is 25.1 Å². The first-order valence-electron chi connectivity index (χ1n) is 9.80. The maximum absolute atomic E-state index is 14.2. The molecule has 6 heteroatoms. The molecule has 1 saturated heterocycles. The van der Waals surface area contributed by atoms with Gasteiger partial charge >= 0.3 is 0 Å². The Morgan fingerprint density at radius 3 is 2.83 bits per heavy atom. The Bertz CT molecular complexity index is 1100. The summed E-state index contributed by atoms with van der Waals surface area (Å²) in [6.07, 6.45) is 1.67. The van der Waals surface area contributed by atoms with Gasteiger partial charge in [-0.15, -0.1) is 0 Å². The lowest BCUT2D eigenvalue weighted by atomic mass is 10.1. The Hall–Kier alpha value is -2.99. The van der Waals surface area contributed by atoms with Crippen molar-refractivity contribution in [3.63, 3.8) is 0 Å². The van der Waals surface area contributed by atoms with Crippen LogP contribution < -0.4 is 5.56 Å². The molecule has 1 atom stereocenters. The van der Waals surface area contributed by atoms with Gasteiger partial charge in [0.2, 0.25) is 0 Å². The second kappa shape index (κ2) is 8.17. The summed E-state index contributed by atoms with van der Waals surface area (Å²) in [5.74, 6) is -1.01. The number of H-pyrrole nitrogens is 1. The number of ether oxygens (including phenoxy) is 1. The minimum Gasteiger partial charge on any atom is -0.376 e. The number of carbonyl (C=O) groups excluding carboxylic acids is 1. The molecule has 2 heterocycles. The number of para-hydroxylation sites is 1. The van der Waals surface area contributed by atoms with E-state index < -0.39 is 11.7 Å². The van der Waals surface area contributed by atoms with Crippen molar-refractivity contribution in [1.82, 2.24) is 9.88 Å². The number of aryl methyl sites for hydroxylation is 1. The van der Waals surface area contributed by atoms with Gasteiger partial charge in [0.05, 0.1) is 23.7 Å². The molecule has 0 bridgehead atoms. The van der Waals surface area contributed by atoms with Crippen LogP contribution in [-0.2, 0) is 11.3 Å². The van der Waals surface area contributed by atoms with Crippen molar-refractivity contribution in [3.05, 3.63) is 81.4 Å². The number of nitrogens with zero attached hydrogens (tertiary/aromatic N) is 1. The Balaban J connectivity index is 1.69. The second-order valence-corrected chi connectivity index (χ2v) is 7.46. The predicted molar refractivity (Wildman–Crippen MR) is 109 cm³/mol. The van der Waals surface area contributed by atoms with E-state index in [4.69, 9.17) is 4.74 Å². The summed E-state index contributed by atoms with van der Waals surface area (Å²) in [5, 5.41) is 0.898. The molecule has 1 amide bonds. The standard InChI is InChI=1S/C23H23FN2O3/c1-15-6-4-7-16-12-17(22(27)25-21(15)16)13-26(14-18-8-5-11-29-18)23(28)19-9-2-3-10-20(19)24/h2-4,6-7,9-10,12,18H,5,8,11,13-14H2,1H3,(H,25,27). The Morgan fingerprint density at radius 2 is 2.07 bits per heavy atom. The van der Waals surface area contributed by atoms with Crippen LogP contribution in [0.1, 0.15) is 34.3 Å². The molecule has 4 rings (SSSR count). The number of nitrogens with one attached hydrogen (secondary N) is 1. The molecule has 0 radical (unpaired) electrons. The molecule has 0 aliphatic carbocycles. The van der Waals surface area contributed by atoms with Crippen LogP contribution in [0.2, 0.25) is 0 Å². The Kier molecular flexibility index (Phi) is 5.45. The molecular weight excluding hydrogens is 371 g/mol. The molecule has 29 heavy (non-hydrogen) atoms. The topological polar surface area (TPSA) is 62.4 Å². The molecule has 1 fully saturated rings. The zero-order chi connectivity index (χ0) is 20.4. The van der Waals surface area contributed by atoms with Crippen LogP contribution in [0.15, 0.2) is 53.3 Å². The molecule has 150 valence electrons. The van der Waals surface area contributed by atoms with Gasteiger partial charge in [-0.1, -0.05) is 30.3 Å². The minimum atomic E-state index is -0.571. The highest BCUT2D eigenvalue weighted by atomic mass is 19.1.